The number of nitrogens with one attached hydrogen (secondary N) is 1. The minimum Gasteiger partial charge on any atom is -0.486 e. The highest BCUT2D eigenvalue weighted by molar-refractivity contribution is 5.23. The summed E-state index contributed by atoms with van der Waals surface area (Å²) in [6.45, 7) is 7.55. The Bertz CT molecular complexity index is 501. The SMILES string of the molecule is CC(C)(C)NCc1cc(OCc2ccco2)ccn1. The molecule has 0 amide bonds. The summed E-state index contributed by atoms with van der Waals surface area (Å²) in [5.41, 5.74) is 1.04. The zero-order chi connectivity index (χ0) is 13.7. The van der Waals surface area contributed by atoms with Gasteiger partial charge in [0.25, 0.3) is 0 Å². The molecule has 2 rings (SSSR count). The Morgan fingerprint density at radius 2 is 2.16 bits per heavy atom. The van der Waals surface area contributed by atoms with Crippen LogP contribution < -0.4 is 10.1 Å². The van der Waals surface area contributed by atoms with Gasteiger partial charge >= 0.3 is 0 Å². The molecule has 1 N–H and O–H groups in total. The first-order valence-electron chi connectivity index (χ1n) is 6.38. The van der Waals surface area contributed by atoms with Crippen molar-refractivity contribution in [2.24, 2.45) is 0 Å². The summed E-state index contributed by atoms with van der Waals surface area (Å²) >= 11 is 0. The Morgan fingerprint density at radius 3 is 2.84 bits per heavy atom. The predicted molar refractivity (Wildman–Crippen MR) is 73.9 cm³/mol. The summed E-state index contributed by atoms with van der Waals surface area (Å²) < 4.78 is 10.9. The first-order chi connectivity index (χ1) is 9.03. The molecule has 2 heterocycles. The van der Waals surface area contributed by atoms with Gasteiger partial charge < -0.3 is 14.5 Å². The maximum absolute atomic E-state index is 5.66. The van der Waals surface area contributed by atoms with Crippen molar-refractivity contribution in [3.63, 3.8) is 0 Å². The number of hydrogen-bond donors (Lipinski definition) is 1. The second kappa shape index (κ2) is 5.89. The standard InChI is InChI=1S/C15H20N2O2/c1-15(2,3)17-10-12-9-13(6-7-16-12)19-11-14-5-4-8-18-14/h4-9,17H,10-11H2,1-3H3. The zero-order valence-electron chi connectivity index (χ0n) is 11.6. The molecule has 0 saturated heterocycles. The van der Waals surface area contributed by atoms with E-state index in [9.17, 15) is 0 Å². The van der Waals surface area contributed by atoms with Crippen molar-refractivity contribution < 1.29 is 9.15 Å². The molecule has 0 aliphatic rings. The lowest BCUT2D eigenvalue weighted by atomic mass is 10.1. The number of hydrogen-bond acceptors (Lipinski definition) is 4. The molecule has 4 heteroatoms. The second-order valence-electron chi connectivity index (χ2n) is 5.45. The lowest BCUT2D eigenvalue weighted by Crippen LogP contribution is -2.35. The van der Waals surface area contributed by atoms with E-state index in [-0.39, 0.29) is 5.54 Å². The average molecular weight is 260 g/mol. The van der Waals surface area contributed by atoms with E-state index in [2.05, 4.69) is 31.1 Å². The fourth-order valence-corrected chi connectivity index (χ4v) is 1.55. The van der Waals surface area contributed by atoms with Crippen LogP contribution in [0.15, 0.2) is 41.1 Å². The van der Waals surface area contributed by atoms with Gasteiger partial charge in [-0.15, -0.1) is 0 Å². The lowest BCUT2D eigenvalue weighted by Gasteiger charge is -2.20. The Morgan fingerprint density at radius 1 is 1.32 bits per heavy atom. The number of pyridine rings is 1. The van der Waals surface area contributed by atoms with Crippen molar-refractivity contribution in [3.05, 3.63) is 48.2 Å². The van der Waals surface area contributed by atoms with Crippen molar-refractivity contribution in [2.45, 2.75) is 39.5 Å². The molecule has 0 aliphatic carbocycles. The molecule has 102 valence electrons. The van der Waals surface area contributed by atoms with Crippen molar-refractivity contribution in [2.75, 3.05) is 0 Å². The highest BCUT2D eigenvalue weighted by Crippen LogP contribution is 2.14. The molecule has 2 aromatic heterocycles. The highest BCUT2D eigenvalue weighted by atomic mass is 16.5. The lowest BCUT2D eigenvalue weighted by molar-refractivity contribution is 0.269. The first-order valence-corrected chi connectivity index (χ1v) is 6.38. The quantitative estimate of drug-likeness (QED) is 0.897. The van der Waals surface area contributed by atoms with E-state index >= 15 is 0 Å². The Balaban J connectivity index is 1.91. The Labute approximate surface area is 113 Å². The number of nitrogens with zero attached hydrogens (tertiary/aromatic N) is 1. The van der Waals surface area contributed by atoms with Crippen LogP contribution in [0.5, 0.6) is 5.75 Å². The van der Waals surface area contributed by atoms with Gasteiger partial charge in [-0.25, -0.2) is 0 Å². The number of furan rings is 1. The van der Waals surface area contributed by atoms with Crippen LogP contribution in [-0.4, -0.2) is 10.5 Å². The maximum Gasteiger partial charge on any atom is 0.146 e. The van der Waals surface area contributed by atoms with Crippen LogP contribution in [0.4, 0.5) is 0 Å². The molecule has 0 aromatic carbocycles. The van der Waals surface area contributed by atoms with Gasteiger partial charge in [-0.2, -0.15) is 0 Å². The Hall–Kier alpha value is -1.81. The fraction of sp³-hybridized carbons (Fsp3) is 0.400. The summed E-state index contributed by atoms with van der Waals surface area (Å²) in [6.07, 6.45) is 3.40. The van der Waals surface area contributed by atoms with Crippen molar-refractivity contribution in [3.8, 4) is 5.75 Å². The van der Waals surface area contributed by atoms with Gasteiger partial charge in [0.05, 0.1) is 12.0 Å². The van der Waals surface area contributed by atoms with Gasteiger partial charge in [-0.05, 0) is 39.0 Å². The molecular formula is C15H20N2O2. The van der Waals surface area contributed by atoms with Gasteiger partial charge in [-0.3, -0.25) is 4.98 Å². The predicted octanol–water partition coefficient (Wildman–Crippen LogP) is 3.14. The topological polar surface area (TPSA) is 47.3 Å². The number of aromatic nitrogens is 1. The molecule has 0 atom stereocenters. The molecule has 4 nitrogen and oxygen atoms in total. The monoisotopic (exact) mass is 260 g/mol. The molecule has 0 saturated carbocycles. The largest absolute Gasteiger partial charge is 0.486 e. The van der Waals surface area contributed by atoms with E-state index in [0.717, 1.165) is 23.7 Å². The minimum absolute atomic E-state index is 0.0761. The maximum atomic E-state index is 5.66. The summed E-state index contributed by atoms with van der Waals surface area (Å²) in [4.78, 5) is 4.32. The summed E-state index contributed by atoms with van der Waals surface area (Å²) in [5.74, 6) is 1.61. The van der Waals surface area contributed by atoms with E-state index in [1.165, 1.54) is 0 Å². The molecule has 0 unspecified atom stereocenters. The van der Waals surface area contributed by atoms with E-state index in [4.69, 9.17) is 9.15 Å². The van der Waals surface area contributed by atoms with E-state index < -0.39 is 0 Å². The molecule has 2 aromatic rings. The summed E-state index contributed by atoms with van der Waals surface area (Å²) in [7, 11) is 0. The molecule has 0 bridgehead atoms. The average Bonchev–Trinajstić information content (AvgIpc) is 2.87. The van der Waals surface area contributed by atoms with Gasteiger partial charge in [0.15, 0.2) is 0 Å². The van der Waals surface area contributed by atoms with Crippen molar-refractivity contribution >= 4 is 0 Å². The van der Waals surface area contributed by atoms with Crippen LogP contribution in [0.25, 0.3) is 0 Å². The third kappa shape index (κ3) is 4.75. The van der Waals surface area contributed by atoms with Crippen LogP contribution in [0.3, 0.4) is 0 Å². The normalized spacial score (nSPS) is 11.5. The Kier molecular flexibility index (Phi) is 4.22. The second-order valence-corrected chi connectivity index (χ2v) is 5.45. The van der Waals surface area contributed by atoms with Gasteiger partial charge in [-0.1, -0.05) is 0 Å². The molecular weight excluding hydrogens is 240 g/mol. The van der Waals surface area contributed by atoms with E-state index in [0.29, 0.717) is 6.61 Å². The van der Waals surface area contributed by atoms with Gasteiger partial charge in [0.1, 0.15) is 18.1 Å². The van der Waals surface area contributed by atoms with Crippen LogP contribution in [0, 0.1) is 0 Å². The smallest absolute Gasteiger partial charge is 0.146 e. The third-order valence-corrected chi connectivity index (χ3v) is 2.55. The van der Waals surface area contributed by atoms with Crippen LogP contribution >= 0.6 is 0 Å². The van der Waals surface area contributed by atoms with E-state index in [1.807, 2.05) is 24.3 Å². The van der Waals surface area contributed by atoms with Crippen LogP contribution in [0.1, 0.15) is 32.2 Å². The van der Waals surface area contributed by atoms with E-state index in [1.54, 1.807) is 12.5 Å². The minimum atomic E-state index is 0.0761. The van der Waals surface area contributed by atoms with Gasteiger partial charge in [0, 0.05) is 24.3 Å². The zero-order valence-corrected chi connectivity index (χ0v) is 11.6. The fourth-order valence-electron chi connectivity index (χ4n) is 1.55. The van der Waals surface area contributed by atoms with Crippen molar-refractivity contribution in [1.82, 2.24) is 10.3 Å². The molecule has 0 aliphatic heterocycles. The molecule has 0 fully saturated rings. The first kappa shape index (κ1) is 13.6. The third-order valence-electron chi connectivity index (χ3n) is 2.55. The highest BCUT2D eigenvalue weighted by Gasteiger charge is 2.09. The van der Waals surface area contributed by atoms with Crippen LogP contribution in [0.2, 0.25) is 0 Å². The van der Waals surface area contributed by atoms with Crippen molar-refractivity contribution in [1.29, 1.82) is 0 Å². The number of ether oxygens (including phenoxy) is 1. The molecule has 19 heavy (non-hydrogen) atoms. The summed E-state index contributed by atoms with van der Waals surface area (Å²) in [6, 6.07) is 7.54. The summed E-state index contributed by atoms with van der Waals surface area (Å²) in [5, 5.41) is 3.40. The molecule has 0 radical (unpaired) electrons. The number of rotatable bonds is 5. The van der Waals surface area contributed by atoms with Crippen LogP contribution in [-0.2, 0) is 13.2 Å². The molecule has 0 spiro atoms. The van der Waals surface area contributed by atoms with Gasteiger partial charge in [0.2, 0.25) is 0 Å².